The van der Waals surface area contributed by atoms with E-state index in [0.29, 0.717) is 25.7 Å². The Hall–Kier alpha value is -1.28. The molecule has 11 heteroatoms. The predicted octanol–water partition coefficient (Wildman–Crippen LogP) is 2.21. The quantitative estimate of drug-likeness (QED) is 0.176. The van der Waals surface area contributed by atoms with Gasteiger partial charge in [-0.25, -0.2) is 18.1 Å². The number of ether oxygens (including phenoxy) is 1. The standard InChI is InChI=1S/C19H29N5O3S2.HI/c1-14-15(2)28-18(24-14)8-9-21-19(20-3)22-13-16-6-5-7-17(12-16)29(25,26)23-10-11-27-4;/h5-7,12,23H,8-11,13H2,1-4H3,(H2,20,21,22);1H. The van der Waals surface area contributed by atoms with Crippen molar-refractivity contribution < 1.29 is 13.2 Å². The van der Waals surface area contributed by atoms with Crippen molar-refractivity contribution in [3.05, 3.63) is 45.4 Å². The minimum atomic E-state index is -3.55. The molecule has 3 N–H and O–H groups in total. The second-order valence-electron chi connectivity index (χ2n) is 6.39. The van der Waals surface area contributed by atoms with Crippen LogP contribution in [0.1, 0.15) is 21.1 Å². The van der Waals surface area contributed by atoms with Crippen LogP contribution in [0.5, 0.6) is 0 Å². The second-order valence-corrected chi connectivity index (χ2v) is 9.44. The molecule has 0 spiro atoms. The van der Waals surface area contributed by atoms with Crippen molar-refractivity contribution in [2.24, 2.45) is 4.99 Å². The van der Waals surface area contributed by atoms with Crippen LogP contribution in [0.15, 0.2) is 34.2 Å². The number of benzene rings is 1. The Kier molecular flexibility index (Phi) is 11.8. The topological polar surface area (TPSA) is 105 Å². The number of sulfonamides is 1. The van der Waals surface area contributed by atoms with Gasteiger partial charge in [-0.3, -0.25) is 4.99 Å². The van der Waals surface area contributed by atoms with Crippen molar-refractivity contribution in [3.63, 3.8) is 0 Å². The molecule has 0 saturated carbocycles. The maximum absolute atomic E-state index is 12.3. The van der Waals surface area contributed by atoms with Gasteiger partial charge in [0.25, 0.3) is 0 Å². The monoisotopic (exact) mass is 567 g/mol. The molecule has 0 fully saturated rings. The third-order valence-electron chi connectivity index (χ3n) is 4.19. The number of aryl methyl sites for hydroxylation is 2. The van der Waals surface area contributed by atoms with E-state index in [1.807, 2.05) is 13.0 Å². The molecule has 0 radical (unpaired) electrons. The molecule has 8 nitrogen and oxygen atoms in total. The molecule has 0 aliphatic rings. The first-order valence-corrected chi connectivity index (χ1v) is 11.6. The Balaban J connectivity index is 0.00000450. The first kappa shape index (κ1) is 26.8. The van der Waals surface area contributed by atoms with Crippen molar-refractivity contribution in [2.45, 2.75) is 31.7 Å². The van der Waals surface area contributed by atoms with Crippen LogP contribution in [-0.2, 0) is 27.7 Å². The number of hydrogen-bond acceptors (Lipinski definition) is 6. The van der Waals surface area contributed by atoms with Crippen LogP contribution in [0.2, 0.25) is 0 Å². The molecular weight excluding hydrogens is 537 g/mol. The van der Waals surface area contributed by atoms with E-state index in [0.717, 1.165) is 22.7 Å². The Bertz CT molecular complexity index is 913. The number of thiazole rings is 1. The highest BCUT2D eigenvalue weighted by Crippen LogP contribution is 2.16. The largest absolute Gasteiger partial charge is 0.383 e. The maximum atomic E-state index is 12.3. The average molecular weight is 568 g/mol. The zero-order chi connectivity index (χ0) is 21.3. The van der Waals surface area contributed by atoms with Gasteiger partial charge in [0.05, 0.1) is 22.2 Å². The molecule has 0 atom stereocenters. The van der Waals surface area contributed by atoms with Crippen molar-refractivity contribution in [2.75, 3.05) is 33.9 Å². The average Bonchev–Trinajstić information content (AvgIpc) is 3.02. The highest BCUT2D eigenvalue weighted by molar-refractivity contribution is 14.0. The zero-order valence-electron chi connectivity index (χ0n) is 17.7. The number of aliphatic imine (C=N–C) groups is 1. The Labute approximate surface area is 200 Å². The van der Waals surface area contributed by atoms with E-state index in [1.165, 1.54) is 12.0 Å². The third kappa shape index (κ3) is 8.46. The summed E-state index contributed by atoms with van der Waals surface area (Å²) in [6.07, 6.45) is 0.820. The van der Waals surface area contributed by atoms with Gasteiger partial charge in [-0.15, -0.1) is 35.3 Å². The van der Waals surface area contributed by atoms with Gasteiger partial charge in [0.15, 0.2) is 5.96 Å². The lowest BCUT2D eigenvalue weighted by Crippen LogP contribution is -2.37. The van der Waals surface area contributed by atoms with Crippen LogP contribution in [0.25, 0.3) is 0 Å². The van der Waals surface area contributed by atoms with Crippen molar-refractivity contribution in [1.29, 1.82) is 0 Å². The van der Waals surface area contributed by atoms with E-state index < -0.39 is 10.0 Å². The van der Waals surface area contributed by atoms with Gasteiger partial charge in [-0.1, -0.05) is 12.1 Å². The lowest BCUT2D eigenvalue weighted by molar-refractivity contribution is 0.204. The number of guanidine groups is 1. The van der Waals surface area contributed by atoms with Crippen LogP contribution in [0.3, 0.4) is 0 Å². The summed E-state index contributed by atoms with van der Waals surface area (Å²) in [4.78, 5) is 10.2. The Morgan fingerprint density at radius 2 is 2.00 bits per heavy atom. The van der Waals surface area contributed by atoms with Gasteiger partial charge in [-0.2, -0.15) is 0 Å². The first-order chi connectivity index (χ1) is 13.9. The van der Waals surface area contributed by atoms with Gasteiger partial charge in [0.1, 0.15) is 0 Å². The number of halogens is 1. The zero-order valence-corrected chi connectivity index (χ0v) is 21.7. The van der Waals surface area contributed by atoms with Crippen LogP contribution in [0.4, 0.5) is 0 Å². The van der Waals surface area contributed by atoms with E-state index >= 15 is 0 Å². The highest BCUT2D eigenvalue weighted by Gasteiger charge is 2.13. The van der Waals surface area contributed by atoms with E-state index in [9.17, 15) is 8.42 Å². The van der Waals surface area contributed by atoms with Gasteiger partial charge in [0.2, 0.25) is 10.0 Å². The highest BCUT2D eigenvalue weighted by atomic mass is 127. The van der Waals surface area contributed by atoms with E-state index in [4.69, 9.17) is 4.74 Å². The molecule has 2 aromatic rings. The third-order valence-corrected chi connectivity index (χ3v) is 6.79. The first-order valence-electron chi connectivity index (χ1n) is 9.30. The molecule has 0 amide bonds. The van der Waals surface area contributed by atoms with E-state index in [2.05, 4.69) is 32.3 Å². The van der Waals surface area contributed by atoms with Crippen LogP contribution < -0.4 is 15.4 Å². The molecule has 0 bridgehead atoms. The fraction of sp³-hybridized carbons (Fsp3) is 0.474. The van der Waals surface area contributed by atoms with Crippen molar-refractivity contribution in [1.82, 2.24) is 20.3 Å². The van der Waals surface area contributed by atoms with Gasteiger partial charge >= 0.3 is 0 Å². The van der Waals surface area contributed by atoms with Gasteiger partial charge in [-0.05, 0) is 31.5 Å². The maximum Gasteiger partial charge on any atom is 0.240 e. The molecule has 0 unspecified atom stereocenters. The molecule has 1 aromatic heterocycles. The van der Waals surface area contributed by atoms with Gasteiger partial charge in [0, 0.05) is 45.1 Å². The lowest BCUT2D eigenvalue weighted by atomic mass is 10.2. The smallest absolute Gasteiger partial charge is 0.240 e. The van der Waals surface area contributed by atoms with Crippen LogP contribution in [-0.4, -0.2) is 53.2 Å². The number of methoxy groups -OCH3 is 1. The molecule has 168 valence electrons. The number of hydrogen-bond donors (Lipinski definition) is 3. The van der Waals surface area contributed by atoms with Gasteiger partial charge < -0.3 is 15.4 Å². The van der Waals surface area contributed by atoms with Crippen molar-refractivity contribution in [3.8, 4) is 0 Å². The molecule has 0 saturated heterocycles. The van der Waals surface area contributed by atoms with E-state index in [1.54, 1.807) is 36.6 Å². The van der Waals surface area contributed by atoms with Crippen molar-refractivity contribution >= 4 is 51.3 Å². The number of rotatable bonds is 10. The van der Waals surface area contributed by atoms with E-state index in [-0.39, 0.29) is 35.4 Å². The lowest BCUT2D eigenvalue weighted by Gasteiger charge is -2.12. The molecule has 0 aliphatic carbocycles. The fourth-order valence-electron chi connectivity index (χ4n) is 2.52. The summed E-state index contributed by atoms with van der Waals surface area (Å²) >= 11 is 1.71. The Morgan fingerprint density at radius 1 is 1.23 bits per heavy atom. The summed E-state index contributed by atoms with van der Waals surface area (Å²) in [6.45, 7) is 5.82. The van der Waals surface area contributed by atoms with Crippen LogP contribution in [0, 0.1) is 13.8 Å². The molecule has 2 rings (SSSR count). The summed E-state index contributed by atoms with van der Waals surface area (Å²) in [5.41, 5.74) is 1.92. The minimum absolute atomic E-state index is 0. The SMILES string of the molecule is CN=C(NCCc1nc(C)c(C)s1)NCc1cccc(S(=O)(=O)NCCOC)c1.I. The molecule has 1 aromatic carbocycles. The molecule has 0 aliphatic heterocycles. The number of nitrogens with one attached hydrogen (secondary N) is 3. The van der Waals surface area contributed by atoms with Crippen LogP contribution >= 0.6 is 35.3 Å². The summed E-state index contributed by atoms with van der Waals surface area (Å²) in [7, 11) is -0.325. The second kappa shape index (κ2) is 13.2. The number of nitrogens with zero attached hydrogens (tertiary/aromatic N) is 2. The summed E-state index contributed by atoms with van der Waals surface area (Å²) in [5, 5.41) is 7.56. The molecule has 30 heavy (non-hydrogen) atoms. The predicted molar refractivity (Wildman–Crippen MR) is 132 cm³/mol. The minimum Gasteiger partial charge on any atom is -0.383 e. The Morgan fingerprint density at radius 3 is 2.63 bits per heavy atom. The molecular formula is C19H30IN5O3S2. The summed E-state index contributed by atoms with van der Waals surface area (Å²) < 4.78 is 32.0. The normalized spacial score (nSPS) is 11.8. The fourth-order valence-corrected chi connectivity index (χ4v) is 4.54. The summed E-state index contributed by atoms with van der Waals surface area (Å²) in [6, 6.07) is 6.82. The number of aromatic nitrogens is 1. The summed E-state index contributed by atoms with van der Waals surface area (Å²) in [5.74, 6) is 0.654. The molecule has 1 heterocycles.